The first kappa shape index (κ1) is 29.4. The van der Waals surface area contributed by atoms with Crippen molar-refractivity contribution in [3.8, 4) is 0 Å². The smallest absolute Gasteiger partial charge is 0.386 e. The molecule has 34 heavy (non-hydrogen) atoms. The summed E-state index contributed by atoms with van der Waals surface area (Å²) in [5.74, 6) is -0.0640. The molecular formula is C14H22LiN5O11P3. The number of aliphatic hydroxyl groups excluding tert-OH is 1. The van der Waals surface area contributed by atoms with Gasteiger partial charge in [-0.3, -0.25) is 18.1 Å². The molecule has 0 aliphatic carbocycles. The first-order valence-corrected chi connectivity index (χ1v) is 13.1. The number of ether oxygens (including phenoxy) is 1. The number of fused-ring (bicyclic) bond motifs is 1. The van der Waals surface area contributed by atoms with Gasteiger partial charge in [0.25, 0.3) is 0 Å². The molecule has 1 fully saturated rings. The van der Waals surface area contributed by atoms with Crippen molar-refractivity contribution in [2.75, 3.05) is 18.9 Å². The third kappa shape index (κ3) is 7.12. The predicted molar refractivity (Wildman–Crippen MR) is 115 cm³/mol. The molecule has 6 atom stereocenters. The van der Waals surface area contributed by atoms with Gasteiger partial charge in [-0.05, 0) is 5.92 Å². The zero-order chi connectivity index (χ0) is 24.4. The van der Waals surface area contributed by atoms with Gasteiger partial charge in [0.1, 0.15) is 30.2 Å². The number of hydrogen-bond donors (Lipinski definition) is 4. The summed E-state index contributed by atoms with van der Waals surface area (Å²) in [7, 11) is -10.8. The van der Waals surface area contributed by atoms with Gasteiger partial charge in [0.2, 0.25) is 0 Å². The number of phosphoric ester groups is 2. The number of nitrogen functional groups attached to an aromatic ring is 1. The van der Waals surface area contributed by atoms with Crippen molar-refractivity contribution < 1.29 is 51.2 Å². The summed E-state index contributed by atoms with van der Waals surface area (Å²) < 4.78 is 60.5. The van der Waals surface area contributed by atoms with Crippen LogP contribution in [0.3, 0.4) is 0 Å². The van der Waals surface area contributed by atoms with Gasteiger partial charge in [0.15, 0.2) is 17.7 Å². The zero-order valence-electron chi connectivity index (χ0n) is 18.3. The third-order valence-electron chi connectivity index (χ3n) is 4.31. The maximum Gasteiger partial charge on any atom is 0.481 e. The van der Waals surface area contributed by atoms with Gasteiger partial charge in [0, 0.05) is 18.9 Å². The summed E-state index contributed by atoms with van der Waals surface area (Å²) >= 11 is 0. The Hall–Kier alpha value is -0.813. The second-order valence-electron chi connectivity index (χ2n) is 7.29. The van der Waals surface area contributed by atoms with Gasteiger partial charge >= 0.3 is 24.3 Å². The molecule has 0 amide bonds. The fourth-order valence-electron chi connectivity index (χ4n) is 2.91. The molecule has 1 radical (unpaired) electrons. The molecule has 185 valence electrons. The Morgan fingerprint density at radius 3 is 2.56 bits per heavy atom. The van der Waals surface area contributed by atoms with Gasteiger partial charge in [-0.1, -0.05) is 13.8 Å². The largest absolute Gasteiger partial charge is 0.481 e. The molecule has 3 heterocycles. The molecule has 6 unspecified atom stereocenters. The molecule has 16 nitrogen and oxygen atoms in total. The van der Waals surface area contributed by atoms with Crippen LogP contribution in [0, 0.1) is 5.92 Å². The van der Waals surface area contributed by atoms with Crippen molar-refractivity contribution in [1.29, 1.82) is 0 Å². The molecule has 0 aromatic carbocycles. The van der Waals surface area contributed by atoms with E-state index in [4.69, 9.17) is 19.5 Å². The minimum absolute atomic E-state index is 0. The van der Waals surface area contributed by atoms with Crippen LogP contribution in [0.15, 0.2) is 12.7 Å². The van der Waals surface area contributed by atoms with Gasteiger partial charge in [-0.15, -0.1) is 0 Å². The topological polar surface area (TPSA) is 228 Å². The van der Waals surface area contributed by atoms with E-state index in [1.807, 2.05) is 0 Å². The van der Waals surface area contributed by atoms with Gasteiger partial charge in [0.05, 0.1) is 19.5 Å². The molecule has 2 aromatic rings. The number of phosphoric acid groups is 2. The van der Waals surface area contributed by atoms with Gasteiger partial charge in [-0.25, -0.2) is 28.6 Å². The molecule has 1 saturated heterocycles. The van der Waals surface area contributed by atoms with E-state index in [9.17, 15) is 28.6 Å². The number of imidazole rings is 1. The van der Waals surface area contributed by atoms with Gasteiger partial charge < -0.3 is 25.4 Å². The van der Waals surface area contributed by atoms with Crippen LogP contribution < -0.4 is 5.73 Å². The van der Waals surface area contributed by atoms with Crippen LogP contribution in [-0.2, 0) is 36.3 Å². The number of nitrogens with zero attached hydrogens (tertiary/aromatic N) is 4. The maximum atomic E-state index is 12.1. The van der Waals surface area contributed by atoms with Crippen molar-refractivity contribution in [2.24, 2.45) is 5.92 Å². The normalized spacial score (nSPS) is 26.4. The third-order valence-corrected chi connectivity index (χ3v) is 7.25. The van der Waals surface area contributed by atoms with Crippen molar-refractivity contribution in [3.63, 3.8) is 0 Å². The van der Waals surface area contributed by atoms with E-state index in [1.54, 1.807) is 13.8 Å². The first-order chi connectivity index (χ1) is 15.4. The minimum Gasteiger partial charge on any atom is -0.386 e. The Kier molecular flexibility index (Phi) is 10.3. The van der Waals surface area contributed by atoms with E-state index in [0.717, 1.165) is 0 Å². The predicted octanol–water partition coefficient (Wildman–Crippen LogP) is 0.784. The first-order valence-electron chi connectivity index (χ1n) is 9.35. The van der Waals surface area contributed by atoms with Crippen molar-refractivity contribution >= 4 is 60.2 Å². The summed E-state index contributed by atoms with van der Waals surface area (Å²) in [6.07, 6.45) is -2.76. The average molecular weight is 536 g/mol. The summed E-state index contributed by atoms with van der Waals surface area (Å²) in [6, 6.07) is 0. The molecule has 20 heteroatoms. The Morgan fingerprint density at radius 1 is 1.24 bits per heavy atom. The van der Waals surface area contributed by atoms with Crippen LogP contribution in [0.1, 0.15) is 20.1 Å². The van der Waals surface area contributed by atoms with Crippen LogP contribution in [0.4, 0.5) is 5.82 Å². The summed E-state index contributed by atoms with van der Waals surface area (Å²) in [6.45, 7) is 2.41. The fraction of sp³-hybridized carbons (Fsp3) is 0.643. The SMILES string of the molecule is CC(C)COP(=O)(O)OP(=O)(O)OCC1OC(n2cnc3c(N)ncnc32)C(O)C1OP=O.[Li]. The van der Waals surface area contributed by atoms with E-state index < -0.39 is 55.5 Å². The number of anilines is 1. The zero-order valence-corrected chi connectivity index (χ0v) is 21.0. The molecule has 1 aliphatic heterocycles. The molecular weight excluding hydrogens is 514 g/mol. The van der Waals surface area contributed by atoms with Crippen LogP contribution in [0.25, 0.3) is 11.2 Å². The van der Waals surface area contributed by atoms with Crippen molar-refractivity contribution in [3.05, 3.63) is 12.7 Å². The number of aliphatic hydroxyl groups is 1. The number of hydrogen-bond acceptors (Lipinski definition) is 13. The Balaban J connectivity index is 0.00000408. The minimum atomic E-state index is -5.11. The molecule has 1 aliphatic rings. The molecule has 5 N–H and O–H groups in total. The average Bonchev–Trinajstić information content (AvgIpc) is 3.27. The Labute approximate surface area is 206 Å². The van der Waals surface area contributed by atoms with Crippen LogP contribution in [-0.4, -0.2) is 84.8 Å². The van der Waals surface area contributed by atoms with Crippen molar-refractivity contribution in [2.45, 2.75) is 38.4 Å². The number of aromatic nitrogens is 4. The second kappa shape index (κ2) is 11.9. The molecule has 0 bridgehead atoms. The summed E-state index contributed by atoms with van der Waals surface area (Å²) in [4.78, 5) is 31.3. The van der Waals surface area contributed by atoms with E-state index >= 15 is 0 Å². The Morgan fingerprint density at radius 2 is 1.91 bits per heavy atom. The fourth-order valence-corrected chi connectivity index (χ4v) is 5.51. The quantitative estimate of drug-likeness (QED) is 0.230. The van der Waals surface area contributed by atoms with E-state index in [-0.39, 0.29) is 48.4 Å². The van der Waals surface area contributed by atoms with Crippen molar-refractivity contribution in [1.82, 2.24) is 19.5 Å². The Bertz CT molecular complexity index is 1090. The van der Waals surface area contributed by atoms with Crippen LogP contribution in [0.2, 0.25) is 0 Å². The van der Waals surface area contributed by atoms with E-state index in [1.165, 1.54) is 17.2 Å². The summed E-state index contributed by atoms with van der Waals surface area (Å²) in [5.41, 5.74) is 6.20. The van der Waals surface area contributed by atoms with E-state index in [0.29, 0.717) is 0 Å². The maximum absolute atomic E-state index is 12.1. The standard InChI is InChI=1S/C14H22N5O11P3.Li/c1-7(2)3-26-32(22,23)30-33(24,25)27-4-8-11(29-31-21)10(20)14(28-8)19-6-18-9-12(15)16-5-17-13(9)19;/h5-8,10-11,14,20H,3-4H2,1-2H3,(H,22,23)(H,24,25)(H2,15,16,17);. The molecule has 3 rings (SSSR count). The monoisotopic (exact) mass is 536 g/mol. The number of nitrogens with two attached hydrogens (primary N) is 1. The van der Waals surface area contributed by atoms with Gasteiger partial charge in [-0.2, -0.15) is 4.31 Å². The number of rotatable bonds is 11. The molecule has 0 saturated carbocycles. The second-order valence-corrected chi connectivity index (χ2v) is 10.7. The summed E-state index contributed by atoms with van der Waals surface area (Å²) in [5, 5.41) is 10.6. The van der Waals surface area contributed by atoms with E-state index in [2.05, 4.69) is 23.8 Å². The molecule has 2 aromatic heterocycles. The molecule has 0 spiro atoms. The van der Waals surface area contributed by atoms with Crippen LogP contribution in [0.5, 0.6) is 0 Å². The van der Waals surface area contributed by atoms with Crippen LogP contribution >= 0.6 is 24.3 Å².